The molecule has 2 aromatic rings. The van der Waals surface area contributed by atoms with Crippen LogP contribution in [0.1, 0.15) is 43.2 Å². The first-order valence-corrected chi connectivity index (χ1v) is 8.45. The lowest BCUT2D eigenvalue weighted by atomic mass is 10.1. The number of nitrogens with zero attached hydrogens (tertiary/aromatic N) is 3. The Labute approximate surface area is 145 Å². The van der Waals surface area contributed by atoms with E-state index in [0.717, 1.165) is 12.8 Å². The van der Waals surface area contributed by atoms with E-state index in [9.17, 15) is 14.4 Å². The van der Waals surface area contributed by atoms with E-state index in [4.69, 9.17) is 4.74 Å². The normalized spacial score (nSPS) is 14.3. The molecule has 0 atom stereocenters. The second-order valence-electron chi connectivity index (χ2n) is 6.40. The van der Waals surface area contributed by atoms with Crippen molar-refractivity contribution in [3.8, 4) is 0 Å². The van der Waals surface area contributed by atoms with Gasteiger partial charge in [0.05, 0.1) is 11.4 Å². The third-order valence-electron chi connectivity index (χ3n) is 4.30. The van der Waals surface area contributed by atoms with Gasteiger partial charge in [0.1, 0.15) is 0 Å². The Morgan fingerprint density at radius 3 is 2.44 bits per heavy atom. The van der Waals surface area contributed by atoms with Crippen LogP contribution in [0, 0.1) is 0 Å². The molecule has 0 aliphatic carbocycles. The molecule has 7 nitrogen and oxygen atoms in total. The first kappa shape index (κ1) is 17.1. The predicted octanol–water partition coefficient (Wildman–Crippen LogP) is 1.76. The Morgan fingerprint density at radius 1 is 1.16 bits per heavy atom. The first-order chi connectivity index (χ1) is 12.0. The zero-order valence-corrected chi connectivity index (χ0v) is 14.4. The van der Waals surface area contributed by atoms with E-state index in [1.54, 1.807) is 29.2 Å². The number of carbonyl (C=O) groups excluding carboxylic acids is 2. The minimum absolute atomic E-state index is 0.0538. The van der Waals surface area contributed by atoms with E-state index in [-0.39, 0.29) is 29.8 Å². The molecule has 1 fully saturated rings. The van der Waals surface area contributed by atoms with Gasteiger partial charge in [-0.15, -0.1) is 0 Å². The molecule has 0 bridgehead atoms. The molecular formula is C18H21N3O4. The van der Waals surface area contributed by atoms with Crippen molar-refractivity contribution in [2.45, 2.75) is 32.7 Å². The Morgan fingerprint density at radius 2 is 1.80 bits per heavy atom. The molecule has 132 valence electrons. The second-order valence-corrected chi connectivity index (χ2v) is 6.40. The van der Waals surface area contributed by atoms with Gasteiger partial charge in [-0.3, -0.25) is 9.59 Å². The van der Waals surface area contributed by atoms with Crippen LogP contribution in [0.15, 0.2) is 29.1 Å². The Bertz CT molecular complexity index is 866. The van der Waals surface area contributed by atoms with Crippen molar-refractivity contribution >= 4 is 22.6 Å². The highest BCUT2D eigenvalue weighted by Crippen LogP contribution is 2.16. The van der Waals surface area contributed by atoms with Crippen molar-refractivity contribution in [3.63, 3.8) is 0 Å². The van der Waals surface area contributed by atoms with E-state index >= 15 is 0 Å². The summed E-state index contributed by atoms with van der Waals surface area (Å²) in [7, 11) is 0. The summed E-state index contributed by atoms with van der Waals surface area (Å²) >= 11 is 0. The van der Waals surface area contributed by atoms with Gasteiger partial charge in [-0.2, -0.15) is 5.10 Å². The number of hydrogen-bond acceptors (Lipinski definition) is 5. The minimum Gasteiger partial charge on any atom is -0.451 e. The van der Waals surface area contributed by atoms with Gasteiger partial charge in [-0.25, -0.2) is 9.48 Å². The number of fused-ring (bicyclic) bond motifs is 1. The quantitative estimate of drug-likeness (QED) is 0.790. The average molecular weight is 343 g/mol. The van der Waals surface area contributed by atoms with Crippen LogP contribution in [0.2, 0.25) is 0 Å². The molecule has 0 radical (unpaired) electrons. The summed E-state index contributed by atoms with van der Waals surface area (Å²) in [5.74, 6) is -0.898. The van der Waals surface area contributed by atoms with Crippen LogP contribution in [0.3, 0.4) is 0 Å². The zero-order chi connectivity index (χ0) is 18.0. The Balaban J connectivity index is 1.89. The SMILES string of the molecule is CC(C)n1nc(C(=O)OCC(=O)N2CCCC2)c2ccccc2c1=O. The number of esters is 1. The number of likely N-dealkylation sites (tertiary alicyclic amines) is 1. The number of hydrogen-bond donors (Lipinski definition) is 0. The summed E-state index contributed by atoms with van der Waals surface area (Å²) < 4.78 is 6.44. The van der Waals surface area contributed by atoms with E-state index in [2.05, 4.69) is 5.10 Å². The van der Waals surface area contributed by atoms with Crippen LogP contribution >= 0.6 is 0 Å². The average Bonchev–Trinajstić information content (AvgIpc) is 3.14. The van der Waals surface area contributed by atoms with Gasteiger partial charge in [-0.1, -0.05) is 18.2 Å². The molecule has 0 N–H and O–H groups in total. The minimum atomic E-state index is -0.696. The fourth-order valence-corrected chi connectivity index (χ4v) is 2.96. The van der Waals surface area contributed by atoms with Gasteiger partial charge in [0, 0.05) is 18.5 Å². The first-order valence-electron chi connectivity index (χ1n) is 8.45. The van der Waals surface area contributed by atoms with Crippen LogP contribution in [-0.4, -0.2) is 46.3 Å². The maximum atomic E-state index is 12.5. The number of amides is 1. The molecule has 1 aromatic carbocycles. The van der Waals surface area contributed by atoms with Crippen LogP contribution < -0.4 is 5.56 Å². The topological polar surface area (TPSA) is 81.5 Å². The molecule has 0 unspecified atom stereocenters. The highest BCUT2D eigenvalue weighted by atomic mass is 16.5. The molecule has 1 aliphatic rings. The monoisotopic (exact) mass is 343 g/mol. The highest BCUT2D eigenvalue weighted by Gasteiger charge is 2.22. The predicted molar refractivity (Wildman–Crippen MR) is 92.5 cm³/mol. The molecule has 0 spiro atoms. The van der Waals surface area contributed by atoms with Crippen molar-refractivity contribution in [3.05, 3.63) is 40.3 Å². The lowest BCUT2D eigenvalue weighted by Gasteiger charge is -2.16. The molecular weight excluding hydrogens is 322 g/mol. The maximum absolute atomic E-state index is 12.5. The number of rotatable bonds is 4. The lowest BCUT2D eigenvalue weighted by Crippen LogP contribution is -2.33. The van der Waals surface area contributed by atoms with Crippen LogP contribution in [-0.2, 0) is 9.53 Å². The summed E-state index contributed by atoms with van der Waals surface area (Å²) in [5, 5.41) is 5.02. The Kier molecular flexibility index (Phi) is 4.83. The lowest BCUT2D eigenvalue weighted by molar-refractivity contribution is -0.133. The van der Waals surface area contributed by atoms with E-state index in [0.29, 0.717) is 23.9 Å². The van der Waals surface area contributed by atoms with Gasteiger partial charge in [0.2, 0.25) is 0 Å². The fraction of sp³-hybridized carbons (Fsp3) is 0.444. The Hall–Kier alpha value is -2.70. The fourth-order valence-electron chi connectivity index (χ4n) is 2.96. The highest BCUT2D eigenvalue weighted by molar-refractivity contribution is 6.02. The van der Waals surface area contributed by atoms with Crippen LogP contribution in [0.4, 0.5) is 0 Å². The van der Waals surface area contributed by atoms with Gasteiger partial charge >= 0.3 is 5.97 Å². The summed E-state index contributed by atoms with van der Waals surface area (Å²) in [4.78, 5) is 38.7. The molecule has 2 heterocycles. The number of ether oxygens (including phenoxy) is 1. The maximum Gasteiger partial charge on any atom is 0.359 e. The molecule has 7 heteroatoms. The summed E-state index contributed by atoms with van der Waals surface area (Å²) in [6, 6.07) is 6.59. The number of aromatic nitrogens is 2. The van der Waals surface area contributed by atoms with Crippen LogP contribution in [0.25, 0.3) is 10.8 Å². The number of benzene rings is 1. The van der Waals surface area contributed by atoms with Crippen molar-refractivity contribution in [2.75, 3.05) is 19.7 Å². The molecule has 1 aromatic heterocycles. The van der Waals surface area contributed by atoms with Crippen molar-refractivity contribution in [1.82, 2.24) is 14.7 Å². The van der Waals surface area contributed by atoms with Gasteiger partial charge < -0.3 is 9.64 Å². The van der Waals surface area contributed by atoms with E-state index in [1.807, 2.05) is 13.8 Å². The molecule has 1 aliphatic heterocycles. The third kappa shape index (κ3) is 3.40. The third-order valence-corrected chi connectivity index (χ3v) is 4.30. The molecule has 1 saturated heterocycles. The molecule has 1 amide bonds. The second kappa shape index (κ2) is 7.04. The molecule has 25 heavy (non-hydrogen) atoms. The standard InChI is InChI=1S/C18H21N3O4/c1-12(2)21-17(23)14-8-4-3-7-13(14)16(19-21)18(24)25-11-15(22)20-9-5-6-10-20/h3-4,7-8,12H,5-6,9-11H2,1-2H3. The smallest absolute Gasteiger partial charge is 0.359 e. The summed E-state index contributed by atoms with van der Waals surface area (Å²) in [6.07, 6.45) is 1.95. The number of carbonyl (C=O) groups is 2. The molecule has 0 saturated carbocycles. The van der Waals surface area contributed by atoms with Gasteiger partial charge in [-0.05, 0) is 32.8 Å². The zero-order valence-electron chi connectivity index (χ0n) is 14.4. The van der Waals surface area contributed by atoms with Crippen LogP contribution in [0.5, 0.6) is 0 Å². The molecule has 3 rings (SSSR count). The van der Waals surface area contributed by atoms with E-state index in [1.165, 1.54) is 4.68 Å². The van der Waals surface area contributed by atoms with E-state index < -0.39 is 5.97 Å². The van der Waals surface area contributed by atoms with Gasteiger partial charge in [0.15, 0.2) is 12.3 Å². The van der Waals surface area contributed by atoms with Crippen molar-refractivity contribution < 1.29 is 14.3 Å². The van der Waals surface area contributed by atoms with Crippen molar-refractivity contribution in [1.29, 1.82) is 0 Å². The largest absolute Gasteiger partial charge is 0.451 e. The van der Waals surface area contributed by atoms with Gasteiger partial charge in [0.25, 0.3) is 11.5 Å². The van der Waals surface area contributed by atoms with Crippen molar-refractivity contribution in [2.24, 2.45) is 0 Å². The summed E-state index contributed by atoms with van der Waals surface area (Å²) in [6.45, 7) is 4.73. The summed E-state index contributed by atoms with van der Waals surface area (Å²) in [5.41, 5.74) is -0.201.